The normalized spacial score (nSPS) is 11.0. The molecule has 0 fully saturated rings. The molecule has 200 valence electrons. The molecule has 0 N–H and O–H groups in total. The number of unbranched alkanes of at least 4 members (excludes halogenated alkanes) is 12. The Labute approximate surface area is 213 Å². The Balaban J connectivity index is -0.000000450. The van der Waals surface area contributed by atoms with Crippen molar-refractivity contribution in [2.45, 2.75) is 171 Å². The van der Waals surface area contributed by atoms with Crippen LogP contribution in [-0.4, -0.2) is 18.7 Å². The van der Waals surface area contributed by atoms with Crippen molar-refractivity contribution in [3.63, 3.8) is 0 Å². The summed E-state index contributed by atoms with van der Waals surface area (Å²) >= 11 is 0. The molecular formula is C29H67B2N2-. The first-order valence-corrected chi connectivity index (χ1v) is 15.3. The zero-order valence-electron chi connectivity index (χ0n) is 24.1. The molecule has 1 aromatic heterocycles. The summed E-state index contributed by atoms with van der Waals surface area (Å²) in [4.78, 5) is 0. The number of imidazole rings is 1. The highest BCUT2D eigenvalue weighted by molar-refractivity contribution is 6.55. The number of nitrogens with zero attached hydrogens (tertiary/aromatic N) is 2. The summed E-state index contributed by atoms with van der Waals surface area (Å²) in [6.07, 6.45) is 32.2. The first-order chi connectivity index (χ1) is 15.6. The van der Waals surface area contributed by atoms with Gasteiger partial charge in [0.25, 0.3) is 0 Å². The quantitative estimate of drug-likeness (QED) is 0.151. The van der Waals surface area contributed by atoms with E-state index >= 15 is 0 Å². The van der Waals surface area contributed by atoms with Gasteiger partial charge >= 0.3 is 0 Å². The second-order valence-electron chi connectivity index (χ2n) is 10.3. The molecule has 1 rings (SSSR count). The standard InChI is InChI=1S/C12H27B2N2.2C8H18.CH4/c1-4-6-8-13-15-10-11-16(12-15)14(3)9-7-5-2;2*1-3-5-7-8-6-4-2;/h10-12,14H,4-9,13H2,1-3H3;2*3-8H2,1-2H3;1H4/q-1;;;. The minimum absolute atomic E-state index is 0. The third-order valence-electron chi connectivity index (χ3n) is 6.77. The molecule has 1 unspecified atom stereocenters. The molecule has 0 bridgehead atoms. The second-order valence-corrected chi connectivity index (χ2v) is 10.3. The third-order valence-corrected chi connectivity index (χ3v) is 6.77. The van der Waals surface area contributed by atoms with Crippen molar-refractivity contribution in [1.82, 2.24) is 4.48 Å². The third kappa shape index (κ3) is 27.5. The predicted molar refractivity (Wildman–Crippen MR) is 161 cm³/mol. The van der Waals surface area contributed by atoms with Crippen LogP contribution in [0.2, 0.25) is 19.5 Å². The molecule has 0 spiro atoms. The zero-order chi connectivity index (χ0) is 24.3. The lowest BCUT2D eigenvalue weighted by atomic mass is 9.60. The molecule has 0 saturated carbocycles. The fraction of sp³-hybridized carbons (Fsp3) is 0.897. The summed E-state index contributed by atoms with van der Waals surface area (Å²) < 4.78 is 4.93. The molecule has 1 heterocycles. The number of hydrogen-bond acceptors (Lipinski definition) is 0. The van der Waals surface area contributed by atoms with Gasteiger partial charge in [0.1, 0.15) is 6.33 Å². The predicted octanol–water partition coefficient (Wildman–Crippen LogP) is 9.30. The van der Waals surface area contributed by atoms with Crippen LogP contribution in [0.4, 0.5) is 0 Å². The Bertz CT molecular complexity index is 425. The summed E-state index contributed by atoms with van der Waals surface area (Å²) in [5.41, 5.74) is 0. The van der Waals surface area contributed by atoms with E-state index in [1.807, 2.05) is 0 Å². The summed E-state index contributed by atoms with van der Waals surface area (Å²) in [5.74, 6) is 0. The minimum atomic E-state index is -0.143. The molecule has 1 aromatic rings. The van der Waals surface area contributed by atoms with Crippen LogP contribution in [0.15, 0.2) is 18.7 Å². The maximum atomic E-state index is 2.46. The van der Waals surface area contributed by atoms with Crippen molar-refractivity contribution in [3.8, 4) is 0 Å². The molecule has 0 saturated heterocycles. The maximum Gasteiger partial charge on any atom is 0.174 e. The molecule has 2 nitrogen and oxygen atoms in total. The Kier molecular flexibility index (Phi) is 35.0. The molecule has 4 heteroatoms. The van der Waals surface area contributed by atoms with E-state index in [4.69, 9.17) is 0 Å². The molecule has 0 aromatic carbocycles. The average Bonchev–Trinajstić information content (AvgIpc) is 3.28. The zero-order valence-corrected chi connectivity index (χ0v) is 24.1. The van der Waals surface area contributed by atoms with E-state index in [0.29, 0.717) is 0 Å². The Hall–Kier alpha value is -0.660. The van der Waals surface area contributed by atoms with Gasteiger partial charge in [0.05, 0.1) is 12.4 Å². The lowest BCUT2D eigenvalue weighted by Crippen LogP contribution is -2.38. The summed E-state index contributed by atoms with van der Waals surface area (Å²) in [6, 6.07) is 0. The van der Waals surface area contributed by atoms with E-state index in [0.717, 1.165) is 0 Å². The number of rotatable bonds is 18. The lowest BCUT2D eigenvalue weighted by Gasteiger charge is -2.13. The van der Waals surface area contributed by atoms with E-state index in [2.05, 4.69) is 76.0 Å². The van der Waals surface area contributed by atoms with Gasteiger partial charge in [-0.3, -0.25) is 0 Å². The molecule has 0 aliphatic heterocycles. The second kappa shape index (κ2) is 31.3. The van der Waals surface area contributed by atoms with Crippen molar-refractivity contribution in [2.75, 3.05) is 0 Å². The molecular weight excluding hydrogens is 398 g/mol. The minimum Gasteiger partial charge on any atom is -0.445 e. The molecule has 0 aliphatic rings. The number of aromatic nitrogens is 2. The summed E-state index contributed by atoms with van der Waals surface area (Å²) in [7, 11) is 0.0789. The maximum absolute atomic E-state index is 2.46. The van der Waals surface area contributed by atoms with Crippen molar-refractivity contribution in [3.05, 3.63) is 18.7 Å². The van der Waals surface area contributed by atoms with Crippen molar-refractivity contribution < 1.29 is 4.48 Å². The topological polar surface area (TPSA) is 8.81 Å². The van der Waals surface area contributed by atoms with Crippen LogP contribution >= 0.6 is 0 Å². The van der Waals surface area contributed by atoms with Crippen molar-refractivity contribution in [2.24, 2.45) is 0 Å². The highest BCUT2D eigenvalue weighted by Gasteiger charge is 2.04. The van der Waals surface area contributed by atoms with Gasteiger partial charge in [0.15, 0.2) is 14.3 Å². The van der Waals surface area contributed by atoms with E-state index in [1.165, 1.54) is 115 Å². The molecule has 0 radical (unpaired) electrons. The monoisotopic (exact) mass is 466 g/mol. The van der Waals surface area contributed by atoms with Gasteiger partial charge in [-0.25, -0.2) is 0 Å². The first-order valence-electron chi connectivity index (χ1n) is 15.3. The average molecular weight is 465 g/mol. The highest BCUT2D eigenvalue weighted by atomic mass is 15.0. The number of hydrogen-bond donors (Lipinski definition) is 0. The summed E-state index contributed by atoms with van der Waals surface area (Å²) in [6.45, 7) is 15.8. The SMILES string of the molecule is C.CCCCCCCC.CCCCCCCC.CCCC[BH2-][n+]1ccn([BH-](C)CCCC)c1. The van der Waals surface area contributed by atoms with E-state index in [1.54, 1.807) is 0 Å². The van der Waals surface area contributed by atoms with Crippen LogP contribution < -0.4 is 4.48 Å². The smallest absolute Gasteiger partial charge is 0.174 e. The summed E-state index contributed by atoms with van der Waals surface area (Å²) in [5, 5.41) is 0. The fourth-order valence-electron chi connectivity index (χ4n) is 4.28. The van der Waals surface area contributed by atoms with Crippen LogP contribution in [0.3, 0.4) is 0 Å². The molecule has 0 aliphatic carbocycles. The Morgan fingerprint density at radius 1 is 0.636 bits per heavy atom. The first kappa shape index (κ1) is 36.9. The Morgan fingerprint density at radius 2 is 1.06 bits per heavy atom. The van der Waals surface area contributed by atoms with Crippen molar-refractivity contribution in [1.29, 1.82) is 0 Å². The largest absolute Gasteiger partial charge is 0.445 e. The van der Waals surface area contributed by atoms with E-state index in [-0.39, 0.29) is 21.7 Å². The van der Waals surface area contributed by atoms with Gasteiger partial charge < -0.3 is 8.96 Å². The van der Waals surface area contributed by atoms with Gasteiger partial charge in [0.2, 0.25) is 0 Å². The van der Waals surface area contributed by atoms with Crippen LogP contribution in [0.5, 0.6) is 0 Å². The Morgan fingerprint density at radius 3 is 1.45 bits per heavy atom. The van der Waals surface area contributed by atoms with Gasteiger partial charge in [-0.2, -0.15) is 6.82 Å². The van der Waals surface area contributed by atoms with Crippen LogP contribution in [0, 0.1) is 0 Å². The molecule has 33 heavy (non-hydrogen) atoms. The van der Waals surface area contributed by atoms with Gasteiger partial charge in [-0.15, -0.1) is 12.6 Å². The van der Waals surface area contributed by atoms with Gasteiger partial charge in [-0.05, 0) is 0 Å². The lowest BCUT2D eigenvalue weighted by molar-refractivity contribution is -0.528. The van der Waals surface area contributed by atoms with Crippen LogP contribution in [-0.2, 0) is 0 Å². The molecule has 0 amide bonds. The van der Waals surface area contributed by atoms with Crippen molar-refractivity contribution >= 4 is 14.3 Å². The van der Waals surface area contributed by atoms with E-state index < -0.39 is 0 Å². The highest BCUT2D eigenvalue weighted by Crippen LogP contribution is 2.04. The van der Waals surface area contributed by atoms with Gasteiger partial charge in [0, 0.05) is 0 Å². The van der Waals surface area contributed by atoms with E-state index in [9.17, 15) is 0 Å². The fourth-order valence-corrected chi connectivity index (χ4v) is 4.28. The van der Waals surface area contributed by atoms with Crippen LogP contribution in [0.1, 0.15) is 152 Å². The van der Waals surface area contributed by atoms with Gasteiger partial charge in [-0.1, -0.05) is 152 Å². The van der Waals surface area contributed by atoms with Crippen LogP contribution in [0.25, 0.3) is 0 Å². The molecule has 1 atom stereocenters.